The summed E-state index contributed by atoms with van der Waals surface area (Å²) >= 11 is 7.12. The van der Waals surface area contributed by atoms with Crippen LogP contribution < -0.4 is 15.5 Å². The molecule has 11 heteroatoms. The van der Waals surface area contributed by atoms with Crippen LogP contribution in [0.25, 0.3) is 0 Å². The Morgan fingerprint density at radius 2 is 1.86 bits per heavy atom. The molecular formula is C26H34ClFN4O4S. The van der Waals surface area contributed by atoms with Crippen LogP contribution in [0.4, 0.5) is 15.8 Å². The smallest absolute Gasteiger partial charge is 0.261 e. The van der Waals surface area contributed by atoms with Gasteiger partial charge in [-0.3, -0.25) is 19.3 Å². The number of carbonyl (C=O) groups is 3. The molecule has 1 saturated heterocycles. The summed E-state index contributed by atoms with van der Waals surface area (Å²) in [7, 11) is 0. The molecule has 0 radical (unpaired) electrons. The van der Waals surface area contributed by atoms with Crippen LogP contribution in [0, 0.1) is 17.7 Å². The zero-order chi connectivity index (χ0) is 27.1. The minimum Gasteiger partial charge on any atom is -0.370 e. The van der Waals surface area contributed by atoms with Gasteiger partial charge >= 0.3 is 0 Å². The van der Waals surface area contributed by atoms with Gasteiger partial charge in [-0.2, -0.15) is 0 Å². The van der Waals surface area contributed by atoms with Crippen molar-refractivity contribution in [2.75, 3.05) is 49.6 Å². The van der Waals surface area contributed by atoms with Gasteiger partial charge in [0.25, 0.3) is 11.8 Å². The lowest BCUT2D eigenvalue weighted by molar-refractivity contribution is -0.125. The van der Waals surface area contributed by atoms with Crippen molar-refractivity contribution in [1.29, 1.82) is 0 Å². The van der Waals surface area contributed by atoms with E-state index >= 15 is 4.39 Å². The zero-order valence-corrected chi connectivity index (χ0v) is 23.1. The number of nitrogens with zero attached hydrogens (tertiary/aromatic N) is 2. The molecule has 0 saturated carbocycles. The van der Waals surface area contributed by atoms with E-state index in [2.05, 4.69) is 38.3 Å². The van der Waals surface area contributed by atoms with E-state index in [0.29, 0.717) is 41.1 Å². The SMILES string of the molecule is CC(C)CN(CC(C)C)[C@@H](CNC(=O)c1ccc(Cl)s1)C(=O)Nc1ccc(N2CCOCC2=O)cc1F. The summed E-state index contributed by atoms with van der Waals surface area (Å²) in [5.74, 6) is -1.12. The fourth-order valence-electron chi connectivity index (χ4n) is 4.15. The molecule has 0 aliphatic carbocycles. The highest BCUT2D eigenvalue weighted by Gasteiger charge is 2.29. The quantitative estimate of drug-likeness (QED) is 0.435. The molecule has 202 valence electrons. The fraction of sp³-hybridized carbons (Fsp3) is 0.500. The molecule has 1 fully saturated rings. The first kappa shape index (κ1) is 29.0. The lowest BCUT2D eigenvalue weighted by Crippen LogP contribution is -2.52. The van der Waals surface area contributed by atoms with E-state index in [1.165, 1.54) is 17.0 Å². The van der Waals surface area contributed by atoms with E-state index in [4.69, 9.17) is 16.3 Å². The van der Waals surface area contributed by atoms with Crippen molar-refractivity contribution >= 4 is 52.0 Å². The number of ether oxygens (including phenoxy) is 1. The van der Waals surface area contributed by atoms with Gasteiger partial charge in [0.2, 0.25) is 5.91 Å². The number of amides is 3. The third-order valence-corrected chi connectivity index (χ3v) is 6.93. The second-order valence-corrected chi connectivity index (χ2v) is 11.5. The van der Waals surface area contributed by atoms with E-state index < -0.39 is 17.8 Å². The Morgan fingerprint density at radius 1 is 1.16 bits per heavy atom. The van der Waals surface area contributed by atoms with Crippen LogP contribution in [0.15, 0.2) is 30.3 Å². The highest BCUT2D eigenvalue weighted by Crippen LogP contribution is 2.24. The van der Waals surface area contributed by atoms with Gasteiger partial charge in [0.1, 0.15) is 18.5 Å². The van der Waals surface area contributed by atoms with Crippen molar-refractivity contribution in [3.8, 4) is 0 Å². The Hall–Kier alpha value is -2.53. The van der Waals surface area contributed by atoms with Gasteiger partial charge in [-0.05, 0) is 42.2 Å². The van der Waals surface area contributed by atoms with Crippen molar-refractivity contribution in [1.82, 2.24) is 10.2 Å². The number of thiophene rings is 1. The highest BCUT2D eigenvalue weighted by molar-refractivity contribution is 7.18. The maximum absolute atomic E-state index is 15.0. The van der Waals surface area contributed by atoms with Gasteiger partial charge < -0.3 is 20.3 Å². The topological polar surface area (TPSA) is 91.0 Å². The number of hydrogen-bond donors (Lipinski definition) is 2. The van der Waals surface area contributed by atoms with E-state index in [9.17, 15) is 14.4 Å². The number of hydrogen-bond acceptors (Lipinski definition) is 6. The van der Waals surface area contributed by atoms with Crippen LogP contribution in [0.1, 0.15) is 37.4 Å². The summed E-state index contributed by atoms with van der Waals surface area (Å²) in [4.78, 5) is 42.2. The summed E-state index contributed by atoms with van der Waals surface area (Å²) in [5, 5.41) is 5.53. The maximum atomic E-state index is 15.0. The number of rotatable bonds is 11. The standard InChI is InChI=1S/C26H34ClFN4O4S/c1-16(2)13-31(14-17(3)4)21(12-29-26(35)22-7-8-23(27)37-22)25(34)30-20-6-5-18(11-19(20)28)32-9-10-36-15-24(32)33/h5-8,11,16-17,21H,9-10,12-15H2,1-4H3,(H,29,35)(H,30,34)/t21-/m0/s1. The van der Waals surface area contributed by atoms with Crippen molar-refractivity contribution in [3.63, 3.8) is 0 Å². The number of benzene rings is 1. The van der Waals surface area contributed by atoms with Crippen molar-refractivity contribution in [2.45, 2.75) is 33.7 Å². The van der Waals surface area contributed by atoms with E-state index in [1.807, 2.05) is 4.90 Å². The molecule has 8 nitrogen and oxygen atoms in total. The summed E-state index contributed by atoms with van der Waals surface area (Å²) < 4.78 is 20.7. The first-order valence-corrected chi connectivity index (χ1v) is 13.5. The third kappa shape index (κ3) is 8.23. The molecule has 3 amide bonds. The van der Waals surface area contributed by atoms with E-state index in [-0.39, 0.29) is 42.5 Å². The highest BCUT2D eigenvalue weighted by atomic mass is 35.5. The Labute approximate surface area is 226 Å². The first-order chi connectivity index (χ1) is 17.5. The molecule has 3 rings (SSSR count). The molecule has 37 heavy (non-hydrogen) atoms. The number of halogens is 2. The predicted molar refractivity (Wildman–Crippen MR) is 145 cm³/mol. The van der Waals surface area contributed by atoms with Crippen molar-refractivity contribution in [2.24, 2.45) is 11.8 Å². The van der Waals surface area contributed by atoms with Gasteiger partial charge in [0, 0.05) is 31.9 Å². The van der Waals surface area contributed by atoms with Crippen LogP contribution in [-0.4, -0.2) is 68.1 Å². The number of anilines is 2. The molecule has 1 aliphatic heterocycles. The molecule has 2 N–H and O–H groups in total. The molecule has 0 unspecified atom stereocenters. The Morgan fingerprint density at radius 3 is 2.43 bits per heavy atom. The molecule has 1 atom stereocenters. The summed E-state index contributed by atoms with van der Waals surface area (Å²) in [5.41, 5.74) is 0.410. The van der Waals surface area contributed by atoms with Crippen LogP contribution in [0.2, 0.25) is 4.34 Å². The van der Waals surface area contributed by atoms with Crippen molar-refractivity contribution < 1.29 is 23.5 Å². The second-order valence-electron chi connectivity index (χ2n) is 9.82. The van der Waals surface area contributed by atoms with Gasteiger partial charge in [0.05, 0.1) is 21.5 Å². The number of morpholine rings is 1. The summed E-state index contributed by atoms with van der Waals surface area (Å²) in [6, 6.07) is 6.82. The molecule has 0 spiro atoms. The zero-order valence-electron chi connectivity index (χ0n) is 21.6. The Bertz CT molecular complexity index is 1100. The Kier molecular flexibility index (Phi) is 10.5. The largest absolute Gasteiger partial charge is 0.370 e. The first-order valence-electron chi connectivity index (χ1n) is 12.3. The summed E-state index contributed by atoms with van der Waals surface area (Å²) in [6.45, 7) is 10.2. The van der Waals surface area contributed by atoms with Crippen LogP contribution in [0.5, 0.6) is 0 Å². The van der Waals surface area contributed by atoms with Gasteiger partial charge in [0.15, 0.2) is 0 Å². The average Bonchev–Trinajstić information content (AvgIpc) is 3.26. The van der Waals surface area contributed by atoms with Crippen LogP contribution in [-0.2, 0) is 14.3 Å². The normalized spacial score (nSPS) is 14.9. The molecule has 1 aromatic heterocycles. The second kappa shape index (κ2) is 13.3. The third-order valence-electron chi connectivity index (χ3n) is 5.70. The summed E-state index contributed by atoms with van der Waals surface area (Å²) in [6.07, 6.45) is 0. The van der Waals surface area contributed by atoms with Crippen molar-refractivity contribution in [3.05, 3.63) is 45.4 Å². The van der Waals surface area contributed by atoms with E-state index in [0.717, 1.165) is 11.3 Å². The maximum Gasteiger partial charge on any atom is 0.261 e. The van der Waals surface area contributed by atoms with E-state index in [1.54, 1.807) is 18.2 Å². The van der Waals surface area contributed by atoms with Gasteiger partial charge in [-0.15, -0.1) is 11.3 Å². The van der Waals surface area contributed by atoms with Crippen LogP contribution in [0.3, 0.4) is 0 Å². The minimum atomic E-state index is -0.732. The average molecular weight is 553 g/mol. The van der Waals surface area contributed by atoms with Gasteiger partial charge in [-0.1, -0.05) is 39.3 Å². The number of nitrogens with one attached hydrogen (secondary N) is 2. The van der Waals surface area contributed by atoms with Gasteiger partial charge in [-0.25, -0.2) is 4.39 Å². The molecule has 1 aromatic carbocycles. The molecular weight excluding hydrogens is 519 g/mol. The minimum absolute atomic E-state index is 0.00451. The molecule has 2 heterocycles. The molecule has 1 aliphatic rings. The van der Waals surface area contributed by atoms with Crippen LogP contribution >= 0.6 is 22.9 Å². The lowest BCUT2D eigenvalue weighted by atomic mass is 10.1. The Balaban J connectivity index is 1.79. The fourth-order valence-corrected chi connectivity index (χ4v) is 5.11. The number of carbonyl (C=O) groups excluding carboxylic acids is 3. The predicted octanol–water partition coefficient (Wildman–Crippen LogP) is 4.25. The molecule has 2 aromatic rings. The lowest BCUT2D eigenvalue weighted by Gasteiger charge is -2.33. The monoisotopic (exact) mass is 552 g/mol. The molecule has 0 bridgehead atoms.